The van der Waals surface area contributed by atoms with Crippen LogP contribution in [0.25, 0.3) is 0 Å². The summed E-state index contributed by atoms with van der Waals surface area (Å²) in [6.07, 6.45) is 0. The Balaban J connectivity index is 2.55. The summed E-state index contributed by atoms with van der Waals surface area (Å²) in [6.45, 7) is -0.682. The summed E-state index contributed by atoms with van der Waals surface area (Å²) in [5.74, 6) is -0.233. The van der Waals surface area contributed by atoms with Crippen molar-refractivity contribution in [1.82, 2.24) is 0 Å². The highest BCUT2D eigenvalue weighted by molar-refractivity contribution is 7.45. The number of phosphoric ester groups is 1. The minimum absolute atomic E-state index is 0.0126. The van der Waals surface area contributed by atoms with Crippen molar-refractivity contribution in [2.24, 2.45) is 0 Å². The van der Waals surface area contributed by atoms with Gasteiger partial charge < -0.3 is 42.8 Å². The largest absolute Gasteiger partial charge is 0.756 e. The van der Waals surface area contributed by atoms with Crippen LogP contribution in [0.4, 0.5) is 0 Å². The van der Waals surface area contributed by atoms with E-state index in [2.05, 4.69) is 4.52 Å². The van der Waals surface area contributed by atoms with Crippen LogP contribution in [0, 0.1) is 0 Å². The molecule has 0 saturated heterocycles. The molecule has 1 rings (SSSR count). The predicted molar refractivity (Wildman–Crippen MR) is 104 cm³/mol. The molecule has 12 heteroatoms. The number of aliphatic hydroxyl groups is 2. The average molecular weight is 451 g/mol. The van der Waals surface area contributed by atoms with E-state index in [0.29, 0.717) is 11.0 Å². The molecule has 1 atom stereocenters. The number of carbonyl (C=O) groups excluding carboxylic acids is 1. The van der Waals surface area contributed by atoms with Crippen LogP contribution in [0.2, 0.25) is 0 Å². The zero-order chi connectivity index (χ0) is 22.6. The highest BCUT2D eigenvalue weighted by atomic mass is 31.2. The quantitative estimate of drug-likeness (QED) is 0.159. The minimum Gasteiger partial charge on any atom is -0.756 e. The van der Waals surface area contributed by atoms with Crippen molar-refractivity contribution in [1.29, 1.82) is 0 Å². The molecule has 1 aromatic carbocycles. The van der Waals surface area contributed by atoms with Crippen molar-refractivity contribution in [2.75, 3.05) is 73.9 Å². The van der Waals surface area contributed by atoms with Gasteiger partial charge in [-0.3, -0.25) is 4.57 Å². The predicted octanol–water partition coefficient (Wildman–Crippen LogP) is -0.207. The summed E-state index contributed by atoms with van der Waals surface area (Å²) in [5.41, 5.74) is 0.0860. The van der Waals surface area contributed by atoms with Crippen LogP contribution in [0.3, 0.4) is 0 Å². The zero-order valence-electron chi connectivity index (χ0n) is 17.4. The van der Waals surface area contributed by atoms with Crippen LogP contribution in [0.15, 0.2) is 18.2 Å². The van der Waals surface area contributed by atoms with E-state index in [0.717, 1.165) is 0 Å². The highest BCUT2D eigenvalue weighted by Gasteiger charge is 2.15. The van der Waals surface area contributed by atoms with Crippen molar-refractivity contribution in [2.45, 2.75) is 0 Å². The number of ether oxygens (including phenoxy) is 3. The Labute approximate surface area is 175 Å². The number of aliphatic hydroxyl groups excluding tert-OH is 2. The van der Waals surface area contributed by atoms with E-state index in [1.165, 1.54) is 18.2 Å². The number of likely N-dealkylation sites (N-methyl/N-ethyl adjacent to an activating group) is 1. The van der Waals surface area contributed by atoms with Crippen LogP contribution in [-0.4, -0.2) is 94.6 Å². The highest BCUT2D eigenvalue weighted by Crippen LogP contribution is 2.37. The van der Waals surface area contributed by atoms with Crippen molar-refractivity contribution in [3.05, 3.63) is 23.8 Å². The number of nitrogens with zero attached hydrogens (tertiary/aromatic N) is 1. The first kappa shape index (κ1) is 26.3. The molecule has 0 aromatic heterocycles. The Morgan fingerprint density at radius 3 is 1.97 bits per heavy atom. The first-order valence-corrected chi connectivity index (χ1v) is 10.7. The summed E-state index contributed by atoms with van der Waals surface area (Å²) in [7, 11) is 1.19. The second-order valence-electron chi connectivity index (χ2n) is 7.10. The molecule has 0 radical (unpaired) electrons. The molecule has 11 nitrogen and oxygen atoms in total. The maximum Gasteiger partial charge on any atom is 0.338 e. The minimum atomic E-state index is -4.49. The van der Waals surface area contributed by atoms with Gasteiger partial charge >= 0.3 is 5.97 Å². The summed E-state index contributed by atoms with van der Waals surface area (Å²) in [4.78, 5) is 23.9. The SMILES string of the molecule is C[N+](C)(C)CCOP(=O)([O-])OCCOC(=O)c1cc(OCCO)cc(OCCO)c1. The van der Waals surface area contributed by atoms with Gasteiger partial charge in [0.25, 0.3) is 7.82 Å². The summed E-state index contributed by atoms with van der Waals surface area (Å²) >= 11 is 0. The van der Waals surface area contributed by atoms with Gasteiger partial charge in [0.05, 0.1) is 46.5 Å². The molecule has 0 saturated carbocycles. The summed E-state index contributed by atoms with van der Waals surface area (Å²) in [6, 6.07) is 4.26. The number of rotatable bonds is 15. The molecule has 172 valence electrons. The second-order valence-corrected chi connectivity index (χ2v) is 8.51. The number of carbonyl (C=O) groups is 1. The summed E-state index contributed by atoms with van der Waals surface area (Å²) in [5, 5.41) is 17.7. The fraction of sp³-hybridized carbons (Fsp3) is 0.611. The van der Waals surface area contributed by atoms with Crippen molar-refractivity contribution < 1.29 is 52.2 Å². The average Bonchev–Trinajstić information content (AvgIpc) is 2.66. The van der Waals surface area contributed by atoms with Gasteiger partial charge in [-0.2, -0.15) is 0 Å². The maximum absolute atomic E-state index is 12.2. The van der Waals surface area contributed by atoms with Gasteiger partial charge in [0.2, 0.25) is 0 Å². The van der Waals surface area contributed by atoms with E-state index in [1.54, 1.807) is 0 Å². The van der Waals surface area contributed by atoms with Crippen LogP contribution in [0.1, 0.15) is 10.4 Å². The maximum atomic E-state index is 12.2. The van der Waals surface area contributed by atoms with E-state index in [1.807, 2.05) is 21.1 Å². The van der Waals surface area contributed by atoms with E-state index in [4.69, 9.17) is 28.9 Å². The van der Waals surface area contributed by atoms with Crippen molar-refractivity contribution in [3.8, 4) is 11.5 Å². The lowest BCUT2D eigenvalue weighted by atomic mass is 10.2. The van der Waals surface area contributed by atoms with Crippen molar-refractivity contribution >= 4 is 13.8 Å². The molecule has 0 aliphatic carbocycles. The molecule has 0 bridgehead atoms. The van der Waals surface area contributed by atoms with Crippen LogP contribution < -0.4 is 14.4 Å². The lowest BCUT2D eigenvalue weighted by Gasteiger charge is -2.27. The number of hydrogen-bond acceptors (Lipinski definition) is 10. The number of phosphoric acid groups is 1. The lowest BCUT2D eigenvalue weighted by molar-refractivity contribution is -0.870. The second kappa shape index (κ2) is 12.9. The van der Waals surface area contributed by atoms with Crippen molar-refractivity contribution in [3.63, 3.8) is 0 Å². The van der Waals surface area contributed by atoms with Gasteiger partial charge in [-0.15, -0.1) is 0 Å². The molecule has 0 aliphatic heterocycles. The molecule has 1 aromatic rings. The molecular weight excluding hydrogens is 421 g/mol. The fourth-order valence-electron chi connectivity index (χ4n) is 2.01. The number of hydrogen-bond donors (Lipinski definition) is 2. The van der Waals surface area contributed by atoms with E-state index in [9.17, 15) is 14.3 Å². The van der Waals surface area contributed by atoms with E-state index < -0.39 is 20.4 Å². The first-order valence-electron chi connectivity index (χ1n) is 9.26. The Kier molecular flexibility index (Phi) is 11.3. The number of quaternary nitrogens is 1. The van der Waals surface area contributed by atoms with E-state index >= 15 is 0 Å². The topological polar surface area (TPSA) is 144 Å². The van der Waals surface area contributed by atoms with Gasteiger partial charge in [-0.1, -0.05) is 0 Å². The summed E-state index contributed by atoms with van der Waals surface area (Å²) < 4.78 is 37.2. The van der Waals surface area contributed by atoms with Crippen LogP contribution >= 0.6 is 7.82 Å². The Bertz CT molecular complexity index is 680. The molecule has 1 unspecified atom stereocenters. The lowest BCUT2D eigenvalue weighted by Crippen LogP contribution is -2.37. The smallest absolute Gasteiger partial charge is 0.338 e. The third-order valence-corrected chi connectivity index (χ3v) is 4.41. The number of benzene rings is 1. The Morgan fingerprint density at radius 2 is 1.47 bits per heavy atom. The van der Waals surface area contributed by atoms with Crippen LogP contribution in [-0.2, 0) is 18.3 Å². The fourth-order valence-corrected chi connectivity index (χ4v) is 2.69. The number of esters is 1. The molecule has 0 fully saturated rings. The Hall–Kier alpha value is -1.72. The monoisotopic (exact) mass is 451 g/mol. The van der Waals surface area contributed by atoms with Gasteiger partial charge in [-0.05, 0) is 12.1 Å². The van der Waals surface area contributed by atoms with Gasteiger partial charge in [0, 0.05) is 6.07 Å². The third-order valence-electron chi connectivity index (χ3n) is 3.41. The molecule has 30 heavy (non-hydrogen) atoms. The van der Waals surface area contributed by atoms with Crippen LogP contribution in [0.5, 0.6) is 11.5 Å². The molecule has 0 spiro atoms. The standard InChI is InChI=1S/C18H30NO10P/c1-19(2,3)4-7-28-30(23,24)29-11-10-27-18(22)15-12-16(25-8-5-20)14-17(13-15)26-9-6-21/h12-14,20-21H,4-11H2,1-3H3. The molecule has 0 aliphatic rings. The molecular formula is C18H30NO10P. The Morgan fingerprint density at radius 1 is 0.933 bits per heavy atom. The third kappa shape index (κ3) is 11.5. The molecule has 0 heterocycles. The normalized spacial score (nSPS) is 13.5. The van der Waals surface area contributed by atoms with Gasteiger partial charge in [0.1, 0.15) is 44.5 Å². The first-order chi connectivity index (χ1) is 14.1. The van der Waals surface area contributed by atoms with E-state index in [-0.39, 0.29) is 56.7 Å². The molecule has 2 N–H and O–H groups in total. The zero-order valence-corrected chi connectivity index (χ0v) is 18.3. The molecule has 0 amide bonds. The van der Waals surface area contributed by atoms with Gasteiger partial charge in [-0.25, -0.2) is 4.79 Å². The van der Waals surface area contributed by atoms with Gasteiger partial charge in [0.15, 0.2) is 0 Å².